The fraction of sp³-hybridized carbons (Fsp3) is 0.263. The van der Waals surface area contributed by atoms with Gasteiger partial charge >= 0.3 is 0 Å². The Kier molecular flexibility index (Phi) is 5.11. The first-order valence-electron chi connectivity index (χ1n) is 8.17. The molecule has 0 saturated carbocycles. The molecule has 2 N–H and O–H groups in total. The van der Waals surface area contributed by atoms with Gasteiger partial charge in [-0.1, -0.05) is 42.5 Å². The molecule has 0 atom stereocenters. The van der Waals surface area contributed by atoms with Gasteiger partial charge in [-0.3, -0.25) is 14.3 Å². The van der Waals surface area contributed by atoms with E-state index in [0.29, 0.717) is 6.54 Å². The van der Waals surface area contributed by atoms with E-state index in [1.807, 2.05) is 60.8 Å². The van der Waals surface area contributed by atoms with Crippen molar-refractivity contribution >= 4 is 23.6 Å². The maximum absolute atomic E-state index is 12.3. The number of hydrogen-bond donors (Lipinski definition) is 2. The molecule has 3 rings (SSSR count). The van der Waals surface area contributed by atoms with E-state index in [-0.39, 0.29) is 5.91 Å². The second kappa shape index (κ2) is 7.64. The van der Waals surface area contributed by atoms with E-state index in [1.165, 1.54) is 5.56 Å². The summed E-state index contributed by atoms with van der Waals surface area (Å²) >= 11 is 0. The van der Waals surface area contributed by atoms with E-state index in [4.69, 9.17) is 0 Å². The number of nitrogens with zero attached hydrogens (tertiary/aromatic N) is 2. The van der Waals surface area contributed by atoms with Gasteiger partial charge in [0.05, 0.1) is 18.4 Å². The Balaban J connectivity index is 1.60. The van der Waals surface area contributed by atoms with Crippen LogP contribution in [0.1, 0.15) is 5.56 Å². The lowest BCUT2D eigenvalue weighted by Gasteiger charge is -2.14. The topological polar surface area (TPSA) is 47.4 Å². The van der Waals surface area contributed by atoms with Crippen LogP contribution >= 0.6 is 0 Å². The zero-order valence-electron chi connectivity index (χ0n) is 13.9. The average Bonchev–Trinajstić information content (AvgIpc) is 3.00. The Morgan fingerprint density at radius 1 is 1.08 bits per heavy atom. The molecule has 0 aliphatic carbocycles. The molecule has 0 unspecified atom stereocenters. The van der Waals surface area contributed by atoms with Crippen LogP contribution in [0, 0.1) is 0 Å². The molecule has 1 aliphatic heterocycles. The molecule has 0 fully saturated rings. The van der Waals surface area contributed by atoms with E-state index in [0.717, 1.165) is 31.0 Å². The fourth-order valence-electron chi connectivity index (χ4n) is 2.71. The normalized spacial score (nSPS) is 13.5. The van der Waals surface area contributed by atoms with Crippen LogP contribution in [-0.4, -0.2) is 48.4 Å². The number of benzene rings is 2. The van der Waals surface area contributed by atoms with Gasteiger partial charge in [-0.15, -0.1) is 0 Å². The molecule has 0 spiro atoms. The molecular weight excluding hydrogens is 300 g/mol. The minimum Gasteiger partial charge on any atom is -0.379 e. The summed E-state index contributed by atoms with van der Waals surface area (Å²) in [7, 11) is 2.01. The van der Waals surface area contributed by atoms with E-state index >= 15 is 0 Å². The van der Waals surface area contributed by atoms with Crippen LogP contribution in [-0.2, 0) is 11.3 Å². The Bertz CT molecular complexity index is 727. The first-order valence-corrected chi connectivity index (χ1v) is 8.17. The molecule has 2 aromatic carbocycles. The quantitative estimate of drug-likeness (QED) is 0.802. The van der Waals surface area contributed by atoms with Gasteiger partial charge in [0.25, 0.3) is 5.91 Å². The third kappa shape index (κ3) is 4.35. The van der Waals surface area contributed by atoms with Gasteiger partial charge in [-0.2, -0.15) is 0 Å². The van der Waals surface area contributed by atoms with Crippen LogP contribution < -0.4 is 10.6 Å². The van der Waals surface area contributed by atoms with Crippen molar-refractivity contribution in [1.29, 1.82) is 0 Å². The van der Waals surface area contributed by atoms with Gasteiger partial charge in [0.15, 0.2) is 6.54 Å². The minimum absolute atomic E-state index is 0.00416. The lowest BCUT2D eigenvalue weighted by atomic mass is 10.2. The average molecular weight is 323 g/mol. The Hall–Kier alpha value is -2.82. The second-order valence-corrected chi connectivity index (χ2v) is 6.00. The zero-order valence-corrected chi connectivity index (χ0v) is 13.9. The van der Waals surface area contributed by atoms with Crippen molar-refractivity contribution in [2.75, 3.05) is 37.3 Å². The molecule has 0 bridgehead atoms. The predicted octanol–water partition coefficient (Wildman–Crippen LogP) is 2.22. The highest BCUT2D eigenvalue weighted by Crippen LogP contribution is 2.21. The summed E-state index contributed by atoms with van der Waals surface area (Å²) in [6.45, 7) is 2.94. The number of anilines is 2. The Labute approximate surface area is 142 Å². The number of carbonyl (C=O) groups is 1. The number of rotatable bonds is 6. The maximum Gasteiger partial charge on any atom is 0.266 e. The van der Waals surface area contributed by atoms with Crippen molar-refractivity contribution in [3.8, 4) is 0 Å². The SMILES string of the molecule is C[N+]1=CN(CC(=O)Nc2ccccc2NCc2ccccc2)CC1. The summed E-state index contributed by atoms with van der Waals surface area (Å²) in [6.07, 6.45) is 1.99. The Morgan fingerprint density at radius 2 is 1.79 bits per heavy atom. The standard InChI is InChI=1S/C19H22N4O/c1-22-11-12-23(15-22)14-19(24)21-18-10-6-5-9-17(18)20-13-16-7-3-2-4-8-16/h2-10,15,20H,11-14H2,1H3/p+1. The van der Waals surface area contributed by atoms with Gasteiger partial charge in [-0.05, 0) is 17.7 Å². The number of para-hydroxylation sites is 2. The molecule has 124 valence electrons. The lowest BCUT2D eigenvalue weighted by molar-refractivity contribution is -0.482. The lowest BCUT2D eigenvalue weighted by Crippen LogP contribution is -2.31. The number of hydrogen-bond acceptors (Lipinski definition) is 3. The highest BCUT2D eigenvalue weighted by atomic mass is 16.2. The van der Waals surface area contributed by atoms with Crippen molar-refractivity contribution in [1.82, 2.24) is 4.90 Å². The van der Waals surface area contributed by atoms with Crippen molar-refractivity contribution in [2.24, 2.45) is 0 Å². The smallest absolute Gasteiger partial charge is 0.266 e. The molecule has 1 heterocycles. The molecule has 1 amide bonds. The van der Waals surface area contributed by atoms with Crippen molar-refractivity contribution in [3.05, 3.63) is 60.2 Å². The fourth-order valence-corrected chi connectivity index (χ4v) is 2.71. The third-order valence-electron chi connectivity index (χ3n) is 3.97. The van der Waals surface area contributed by atoms with Gasteiger partial charge in [-0.25, -0.2) is 0 Å². The predicted molar refractivity (Wildman–Crippen MR) is 97.5 cm³/mol. The van der Waals surface area contributed by atoms with E-state index in [2.05, 4.69) is 27.3 Å². The first-order chi connectivity index (χ1) is 11.7. The summed E-state index contributed by atoms with van der Waals surface area (Å²) in [5.74, 6) is -0.00416. The number of amides is 1. The monoisotopic (exact) mass is 323 g/mol. The highest BCUT2D eigenvalue weighted by molar-refractivity contribution is 5.96. The summed E-state index contributed by atoms with van der Waals surface area (Å²) in [5.41, 5.74) is 2.94. The molecule has 0 aromatic heterocycles. The van der Waals surface area contributed by atoms with Crippen LogP contribution in [0.15, 0.2) is 54.6 Å². The largest absolute Gasteiger partial charge is 0.379 e. The van der Waals surface area contributed by atoms with Crippen LogP contribution in [0.2, 0.25) is 0 Å². The van der Waals surface area contributed by atoms with E-state index in [9.17, 15) is 4.79 Å². The molecule has 2 aromatic rings. The van der Waals surface area contributed by atoms with Crippen molar-refractivity contribution < 1.29 is 9.37 Å². The van der Waals surface area contributed by atoms with Gasteiger partial charge in [0, 0.05) is 6.54 Å². The number of nitrogens with one attached hydrogen (secondary N) is 2. The van der Waals surface area contributed by atoms with E-state index in [1.54, 1.807) is 0 Å². The summed E-state index contributed by atoms with van der Waals surface area (Å²) < 4.78 is 2.09. The van der Waals surface area contributed by atoms with Crippen LogP contribution in [0.5, 0.6) is 0 Å². The molecule has 0 saturated heterocycles. The van der Waals surface area contributed by atoms with Gasteiger partial charge in [0.2, 0.25) is 6.34 Å². The summed E-state index contributed by atoms with van der Waals surface area (Å²) in [4.78, 5) is 14.3. The van der Waals surface area contributed by atoms with Crippen LogP contribution in [0.3, 0.4) is 0 Å². The molecule has 5 heteroatoms. The zero-order chi connectivity index (χ0) is 16.8. The maximum atomic E-state index is 12.3. The number of carbonyl (C=O) groups excluding carboxylic acids is 1. The van der Waals surface area contributed by atoms with Crippen molar-refractivity contribution in [3.63, 3.8) is 0 Å². The molecule has 24 heavy (non-hydrogen) atoms. The van der Waals surface area contributed by atoms with Crippen LogP contribution in [0.4, 0.5) is 11.4 Å². The summed E-state index contributed by atoms with van der Waals surface area (Å²) in [5, 5.41) is 6.40. The molecule has 5 nitrogen and oxygen atoms in total. The molecule has 1 aliphatic rings. The Morgan fingerprint density at radius 3 is 2.50 bits per heavy atom. The highest BCUT2D eigenvalue weighted by Gasteiger charge is 2.20. The number of likely N-dealkylation sites (N-methyl/N-ethyl adjacent to an activating group) is 1. The second-order valence-electron chi connectivity index (χ2n) is 6.00. The van der Waals surface area contributed by atoms with Crippen molar-refractivity contribution in [2.45, 2.75) is 6.54 Å². The third-order valence-corrected chi connectivity index (χ3v) is 3.97. The molecular formula is C19H23N4O+. The van der Waals surface area contributed by atoms with Crippen LogP contribution in [0.25, 0.3) is 0 Å². The van der Waals surface area contributed by atoms with E-state index < -0.39 is 0 Å². The summed E-state index contributed by atoms with van der Waals surface area (Å²) in [6, 6.07) is 18.0. The minimum atomic E-state index is -0.00416. The van der Waals surface area contributed by atoms with Gasteiger partial charge in [0.1, 0.15) is 13.1 Å². The molecule has 0 radical (unpaired) electrons. The van der Waals surface area contributed by atoms with Gasteiger partial charge < -0.3 is 10.6 Å². The first kappa shape index (κ1) is 16.1.